The summed E-state index contributed by atoms with van der Waals surface area (Å²) in [5.74, 6) is -0.480. The Balaban J connectivity index is 1.39. The van der Waals surface area contributed by atoms with Crippen molar-refractivity contribution in [2.75, 3.05) is 11.9 Å². The van der Waals surface area contributed by atoms with Gasteiger partial charge in [0.2, 0.25) is 10.0 Å². The quantitative estimate of drug-likeness (QED) is 0.366. The first-order valence-corrected chi connectivity index (χ1v) is 13.1. The summed E-state index contributed by atoms with van der Waals surface area (Å²) >= 11 is 0. The van der Waals surface area contributed by atoms with E-state index in [1.54, 1.807) is 6.26 Å². The van der Waals surface area contributed by atoms with Crippen LogP contribution in [0.15, 0.2) is 76.2 Å². The highest BCUT2D eigenvalue weighted by molar-refractivity contribution is 7.89. The first kappa shape index (κ1) is 24.4. The van der Waals surface area contributed by atoms with Gasteiger partial charge in [-0.1, -0.05) is 18.2 Å². The van der Waals surface area contributed by atoms with Gasteiger partial charge in [-0.2, -0.15) is 0 Å². The Morgan fingerprint density at radius 1 is 1.05 bits per heavy atom. The lowest BCUT2D eigenvalue weighted by Crippen LogP contribution is -2.22. The van der Waals surface area contributed by atoms with Gasteiger partial charge in [0.1, 0.15) is 5.76 Å². The minimum atomic E-state index is -3.84. The third-order valence-corrected chi connectivity index (χ3v) is 6.96. The van der Waals surface area contributed by atoms with Crippen molar-refractivity contribution in [3.05, 3.63) is 89.5 Å². The third-order valence-electron chi connectivity index (χ3n) is 6.04. The fourth-order valence-electron chi connectivity index (χ4n) is 4.38. The van der Waals surface area contributed by atoms with E-state index < -0.39 is 28.5 Å². The van der Waals surface area contributed by atoms with E-state index in [1.165, 1.54) is 24.3 Å². The Bertz CT molecular complexity index is 1620. The molecule has 1 amide bonds. The number of aromatic nitrogens is 1. The number of nitrogens with zero attached hydrogens (tertiary/aromatic N) is 1. The minimum Gasteiger partial charge on any atom is -0.465 e. The molecule has 2 aromatic heterocycles. The Hall–Kier alpha value is -4.28. The number of sulfonamides is 1. The van der Waals surface area contributed by atoms with Crippen LogP contribution in [0, 0.1) is 0 Å². The molecule has 10 heteroatoms. The number of carbonyl (C=O) groups excluding carboxylic acids is 2. The van der Waals surface area contributed by atoms with Gasteiger partial charge in [-0.05, 0) is 78.9 Å². The lowest BCUT2D eigenvalue weighted by Gasteiger charge is -2.22. The second-order valence-electron chi connectivity index (χ2n) is 8.56. The van der Waals surface area contributed by atoms with Crippen molar-refractivity contribution >= 4 is 50.1 Å². The molecule has 37 heavy (non-hydrogen) atoms. The van der Waals surface area contributed by atoms with Crippen molar-refractivity contribution in [3.63, 3.8) is 0 Å². The molecule has 5 rings (SSSR count). The topological polar surface area (TPSA) is 142 Å². The number of allylic oxidation sites excluding steroid dienone is 1. The van der Waals surface area contributed by atoms with Crippen LogP contribution in [0.2, 0.25) is 0 Å². The van der Waals surface area contributed by atoms with E-state index in [-0.39, 0.29) is 4.90 Å². The zero-order chi connectivity index (χ0) is 26.0. The first-order valence-electron chi connectivity index (χ1n) is 11.6. The van der Waals surface area contributed by atoms with E-state index in [1.807, 2.05) is 42.5 Å². The summed E-state index contributed by atoms with van der Waals surface area (Å²) in [6.45, 7) is -0.518. The van der Waals surface area contributed by atoms with Gasteiger partial charge in [-0.3, -0.25) is 4.79 Å². The van der Waals surface area contributed by atoms with Crippen LogP contribution in [-0.4, -0.2) is 31.9 Å². The minimum absolute atomic E-state index is 0.0771. The highest BCUT2D eigenvalue weighted by atomic mass is 32.2. The summed E-state index contributed by atoms with van der Waals surface area (Å²) in [6.07, 6.45) is 5.81. The van der Waals surface area contributed by atoms with Crippen molar-refractivity contribution in [1.29, 1.82) is 0 Å². The third kappa shape index (κ3) is 5.30. The molecule has 3 N–H and O–H groups in total. The number of pyridine rings is 1. The maximum Gasteiger partial charge on any atom is 0.339 e. The van der Waals surface area contributed by atoms with Gasteiger partial charge in [0.15, 0.2) is 6.61 Å². The number of fused-ring (bicyclic) bond motifs is 2. The van der Waals surface area contributed by atoms with Crippen LogP contribution in [0.3, 0.4) is 0 Å². The van der Waals surface area contributed by atoms with E-state index in [9.17, 15) is 18.0 Å². The SMILES string of the molecule is NS(=O)(=O)c1ccc(NC(=O)COC(=O)c2c3c(nc4ccccc24)C(=Cc2ccco2)CCC3)cc1. The molecule has 1 aliphatic rings. The zero-order valence-corrected chi connectivity index (χ0v) is 20.5. The molecule has 2 heterocycles. The molecular weight excluding hydrogens is 494 g/mol. The lowest BCUT2D eigenvalue weighted by molar-refractivity contribution is -0.119. The molecule has 0 fully saturated rings. The van der Waals surface area contributed by atoms with Crippen molar-refractivity contribution in [2.24, 2.45) is 5.14 Å². The number of ether oxygens (including phenoxy) is 1. The average Bonchev–Trinajstić information content (AvgIpc) is 3.39. The van der Waals surface area contributed by atoms with Crippen LogP contribution in [0.25, 0.3) is 22.6 Å². The van der Waals surface area contributed by atoms with Gasteiger partial charge in [-0.15, -0.1) is 0 Å². The summed E-state index contributed by atoms with van der Waals surface area (Å²) in [6, 6.07) is 16.4. The molecule has 0 aliphatic heterocycles. The largest absolute Gasteiger partial charge is 0.465 e. The average molecular weight is 518 g/mol. The Morgan fingerprint density at radius 2 is 1.84 bits per heavy atom. The van der Waals surface area contributed by atoms with Crippen LogP contribution in [0.5, 0.6) is 0 Å². The Labute approximate surface area is 213 Å². The molecule has 0 spiro atoms. The molecule has 0 saturated heterocycles. The van der Waals surface area contributed by atoms with E-state index >= 15 is 0 Å². The highest BCUT2D eigenvalue weighted by Gasteiger charge is 2.26. The summed E-state index contributed by atoms with van der Waals surface area (Å²) in [5.41, 5.74) is 3.87. The number of anilines is 1. The lowest BCUT2D eigenvalue weighted by atomic mass is 9.86. The van der Waals surface area contributed by atoms with Crippen LogP contribution < -0.4 is 10.5 Å². The number of esters is 1. The summed E-state index contributed by atoms with van der Waals surface area (Å²) in [4.78, 5) is 30.5. The van der Waals surface area contributed by atoms with Crippen LogP contribution in [0.1, 0.15) is 40.2 Å². The van der Waals surface area contributed by atoms with Crippen LogP contribution >= 0.6 is 0 Å². The Morgan fingerprint density at radius 3 is 2.57 bits per heavy atom. The Kier molecular flexibility index (Phi) is 6.60. The van der Waals surface area contributed by atoms with Crippen molar-refractivity contribution in [3.8, 4) is 0 Å². The molecule has 0 atom stereocenters. The van der Waals surface area contributed by atoms with E-state index in [4.69, 9.17) is 19.3 Å². The predicted octanol–water partition coefficient (Wildman–Crippen LogP) is 4.15. The number of rotatable bonds is 6. The number of furan rings is 1. The van der Waals surface area contributed by atoms with Crippen molar-refractivity contribution < 1.29 is 27.2 Å². The van der Waals surface area contributed by atoms with Crippen molar-refractivity contribution in [1.82, 2.24) is 4.98 Å². The van der Waals surface area contributed by atoms with Gasteiger partial charge in [0.25, 0.3) is 5.91 Å². The molecule has 2 aromatic carbocycles. The monoisotopic (exact) mass is 517 g/mol. The van der Waals surface area contributed by atoms with E-state index in [2.05, 4.69) is 5.32 Å². The molecule has 0 bridgehead atoms. The van der Waals surface area contributed by atoms with Gasteiger partial charge in [0.05, 0.1) is 27.9 Å². The fourth-order valence-corrected chi connectivity index (χ4v) is 4.90. The molecular formula is C27H23N3O6S. The number of hydrogen-bond acceptors (Lipinski definition) is 7. The van der Waals surface area contributed by atoms with Crippen molar-refractivity contribution in [2.45, 2.75) is 24.2 Å². The number of amides is 1. The van der Waals surface area contributed by atoms with E-state index in [0.29, 0.717) is 34.3 Å². The number of carbonyl (C=O) groups is 2. The first-order chi connectivity index (χ1) is 17.8. The summed E-state index contributed by atoms with van der Waals surface area (Å²) in [5, 5.41) is 8.32. The molecule has 9 nitrogen and oxygen atoms in total. The number of primary sulfonamides is 1. The molecule has 4 aromatic rings. The number of nitrogens with two attached hydrogens (primary N) is 1. The molecule has 0 saturated carbocycles. The van der Waals surface area contributed by atoms with E-state index in [0.717, 1.165) is 29.7 Å². The second-order valence-corrected chi connectivity index (χ2v) is 10.1. The maximum absolute atomic E-state index is 13.3. The van der Waals surface area contributed by atoms with Gasteiger partial charge >= 0.3 is 5.97 Å². The number of nitrogens with one attached hydrogen (secondary N) is 1. The summed E-state index contributed by atoms with van der Waals surface area (Å²) in [7, 11) is -3.84. The van der Waals surface area contributed by atoms with Gasteiger partial charge in [0, 0.05) is 11.1 Å². The smallest absolute Gasteiger partial charge is 0.339 e. The van der Waals surface area contributed by atoms with Crippen LogP contribution in [-0.2, 0) is 26.0 Å². The predicted molar refractivity (Wildman–Crippen MR) is 138 cm³/mol. The molecule has 1 aliphatic carbocycles. The molecule has 188 valence electrons. The maximum atomic E-state index is 13.3. The number of para-hydroxylation sites is 1. The molecule has 0 radical (unpaired) electrons. The highest BCUT2D eigenvalue weighted by Crippen LogP contribution is 2.36. The standard InChI is InChI=1S/C27H23N3O6S/c28-37(33,34)20-12-10-18(11-13-20)29-24(31)16-36-27(32)25-21-7-1-2-9-23(21)30-26-17(5-3-8-22(25)26)15-19-6-4-14-35-19/h1-2,4,6-7,9-15H,3,5,8,16H2,(H,29,31)(H2,28,33,34). The summed E-state index contributed by atoms with van der Waals surface area (Å²) < 4.78 is 33.7. The van der Waals surface area contributed by atoms with Gasteiger partial charge < -0.3 is 14.5 Å². The zero-order valence-electron chi connectivity index (χ0n) is 19.6. The molecule has 0 unspecified atom stereocenters. The normalized spacial score (nSPS) is 14.4. The number of benzene rings is 2. The van der Waals surface area contributed by atoms with Crippen LogP contribution in [0.4, 0.5) is 5.69 Å². The van der Waals surface area contributed by atoms with Gasteiger partial charge in [-0.25, -0.2) is 23.3 Å². The fraction of sp³-hybridized carbons (Fsp3) is 0.148. The second kappa shape index (κ2) is 10.00. The number of hydrogen-bond donors (Lipinski definition) is 2.